The molecule has 54 valence electrons. The minimum Gasteiger partial charge on any atom is -0.152 e. The number of hydrogen-bond acceptors (Lipinski definition) is 1. The van der Waals surface area contributed by atoms with Crippen molar-refractivity contribution >= 4 is 66.5 Å². The van der Waals surface area contributed by atoms with Crippen molar-refractivity contribution < 1.29 is 0 Å². The maximum Gasteiger partial charge on any atom is 0.0751 e. The topological polar surface area (TPSA) is 0 Å². The van der Waals surface area contributed by atoms with Crippen LogP contribution in [0.4, 0.5) is 0 Å². The lowest BCUT2D eigenvalue weighted by molar-refractivity contribution is 1.87. The average Bonchev–Trinajstić information content (AvgIpc) is 2.36. The molecule has 10 heavy (non-hydrogen) atoms. The molecule has 0 atom stereocenters. The monoisotopic (exact) mass is 348 g/mol. The standard InChI is InChI=1S/C6H3BrClIS/c7-6(9)5(8)4-1-2-10-3-4/h1-3H. The lowest BCUT2D eigenvalue weighted by Gasteiger charge is -1.92. The summed E-state index contributed by atoms with van der Waals surface area (Å²) in [6.07, 6.45) is 0. The van der Waals surface area contributed by atoms with Gasteiger partial charge in [0.2, 0.25) is 0 Å². The Balaban J connectivity index is 2.99. The molecule has 0 unspecified atom stereocenters. The SMILES string of the molecule is ClC(=C(Br)I)c1ccsc1. The second-order valence-corrected chi connectivity index (χ2v) is 6.10. The van der Waals surface area contributed by atoms with Crippen LogP contribution in [0.1, 0.15) is 5.56 Å². The maximum atomic E-state index is 5.91. The van der Waals surface area contributed by atoms with E-state index >= 15 is 0 Å². The summed E-state index contributed by atoms with van der Waals surface area (Å²) in [6.45, 7) is 0. The molecular weight excluding hydrogens is 346 g/mol. The number of thiophene rings is 1. The normalized spacial score (nSPS) is 13.1. The quantitative estimate of drug-likeness (QED) is 0.658. The van der Waals surface area contributed by atoms with Gasteiger partial charge in [-0.3, -0.25) is 0 Å². The van der Waals surface area contributed by atoms with Gasteiger partial charge in [-0.15, -0.1) is 0 Å². The molecule has 0 N–H and O–H groups in total. The fourth-order valence-corrected chi connectivity index (χ4v) is 1.87. The molecule has 0 aliphatic rings. The van der Waals surface area contributed by atoms with Crippen molar-refractivity contribution in [3.63, 3.8) is 0 Å². The summed E-state index contributed by atoms with van der Waals surface area (Å²) in [5.41, 5.74) is 1.08. The second-order valence-electron chi connectivity index (χ2n) is 1.59. The second kappa shape index (κ2) is 4.09. The van der Waals surface area contributed by atoms with Gasteiger partial charge in [0.25, 0.3) is 0 Å². The third-order valence-electron chi connectivity index (χ3n) is 0.941. The average molecular weight is 349 g/mol. The largest absolute Gasteiger partial charge is 0.152 e. The van der Waals surface area contributed by atoms with E-state index in [1.165, 1.54) is 0 Å². The Morgan fingerprint density at radius 3 is 2.80 bits per heavy atom. The Hall–Kier alpha value is 0.940. The van der Waals surface area contributed by atoms with Crippen molar-refractivity contribution in [1.82, 2.24) is 0 Å². The van der Waals surface area contributed by atoms with Crippen LogP contribution >= 0.6 is 61.5 Å². The van der Waals surface area contributed by atoms with E-state index < -0.39 is 0 Å². The number of halogens is 3. The van der Waals surface area contributed by atoms with Gasteiger partial charge in [0, 0.05) is 5.56 Å². The Morgan fingerprint density at radius 1 is 1.70 bits per heavy atom. The van der Waals surface area contributed by atoms with Gasteiger partial charge in [-0.05, 0) is 55.3 Å². The lowest BCUT2D eigenvalue weighted by Crippen LogP contribution is -1.67. The molecule has 0 fully saturated rings. The summed E-state index contributed by atoms with van der Waals surface area (Å²) in [5.74, 6) is 0. The first-order valence-electron chi connectivity index (χ1n) is 2.45. The maximum absolute atomic E-state index is 5.91. The molecule has 0 amide bonds. The van der Waals surface area contributed by atoms with Crippen LogP contribution in [0.5, 0.6) is 0 Å². The van der Waals surface area contributed by atoms with Gasteiger partial charge < -0.3 is 0 Å². The van der Waals surface area contributed by atoms with Crippen LogP contribution in [-0.4, -0.2) is 0 Å². The molecule has 0 spiro atoms. The molecule has 0 aliphatic carbocycles. The van der Waals surface area contributed by atoms with E-state index in [-0.39, 0.29) is 0 Å². The van der Waals surface area contributed by atoms with Crippen LogP contribution in [0, 0.1) is 0 Å². The van der Waals surface area contributed by atoms with Gasteiger partial charge in [-0.25, -0.2) is 0 Å². The lowest BCUT2D eigenvalue weighted by atomic mass is 10.3. The summed E-state index contributed by atoms with van der Waals surface area (Å²) in [7, 11) is 0. The molecule has 0 saturated heterocycles. The van der Waals surface area contributed by atoms with Crippen molar-refractivity contribution in [1.29, 1.82) is 0 Å². The molecule has 0 bridgehead atoms. The molecule has 1 aromatic heterocycles. The number of hydrogen-bond donors (Lipinski definition) is 0. The summed E-state index contributed by atoms with van der Waals surface area (Å²) in [4.78, 5) is 0. The van der Waals surface area contributed by atoms with Crippen molar-refractivity contribution in [3.8, 4) is 0 Å². The van der Waals surface area contributed by atoms with Gasteiger partial charge in [0.1, 0.15) is 0 Å². The molecule has 1 rings (SSSR count). The van der Waals surface area contributed by atoms with E-state index in [1.807, 2.05) is 16.8 Å². The highest BCUT2D eigenvalue weighted by atomic mass is 127. The molecule has 0 radical (unpaired) electrons. The van der Waals surface area contributed by atoms with Crippen molar-refractivity contribution in [2.75, 3.05) is 0 Å². The highest BCUT2D eigenvalue weighted by Crippen LogP contribution is 2.31. The van der Waals surface area contributed by atoms with Crippen molar-refractivity contribution in [3.05, 3.63) is 24.9 Å². The number of rotatable bonds is 1. The van der Waals surface area contributed by atoms with Crippen molar-refractivity contribution in [2.45, 2.75) is 0 Å². The van der Waals surface area contributed by atoms with E-state index in [1.54, 1.807) is 11.3 Å². The highest BCUT2D eigenvalue weighted by molar-refractivity contribution is 14.1. The van der Waals surface area contributed by atoms with Gasteiger partial charge in [-0.2, -0.15) is 11.3 Å². The van der Waals surface area contributed by atoms with Gasteiger partial charge in [-0.1, -0.05) is 11.6 Å². The van der Waals surface area contributed by atoms with E-state index in [4.69, 9.17) is 11.6 Å². The Kier molecular flexibility index (Phi) is 3.69. The third-order valence-corrected chi connectivity index (χ3v) is 3.51. The third kappa shape index (κ3) is 2.22. The van der Waals surface area contributed by atoms with Gasteiger partial charge >= 0.3 is 0 Å². The van der Waals surface area contributed by atoms with E-state index in [2.05, 4.69) is 38.5 Å². The molecule has 0 aromatic carbocycles. The molecule has 4 heteroatoms. The fraction of sp³-hybridized carbons (Fsp3) is 0. The van der Waals surface area contributed by atoms with Crippen LogP contribution < -0.4 is 0 Å². The molecule has 0 saturated carbocycles. The fourth-order valence-electron chi connectivity index (χ4n) is 0.498. The summed E-state index contributed by atoms with van der Waals surface area (Å²) in [5, 5.41) is 4.80. The summed E-state index contributed by atoms with van der Waals surface area (Å²) >= 11 is 13.0. The van der Waals surface area contributed by atoms with Crippen LogP contribution in [0.3, 0.4) is 0 Å². The molecule has 0 aliphatic heterocycles. The molecular formula is C6H3BrClIS. The molecule has 0 nitrogen and oxygen atoms in total. The zero-order chi connectivity index (χ0) is 7.56. The van der Waals surface area contributed by atoms with Gasteiger partial charge in [0.05, 0.1) is 7.52 Å². The van der Waals surface area contributed by atoms with E-state index in [0.29, 0.717) is 0 Å². The summed E-state index contributed by atoms with van der Waals surface area (Å²) in [6, 6.07) is 1.99. The first kappa shape index (κ1) is 9.03. The van der Waals surface area contributed by atoms with Crippen LogP contribution in [0.15, 0.2) is 19.3 Å². The van der Waals surface area contributed by atoms with Crippen LogP contribution in [-0.2, 0) is 0 Å². The van der Waals surface area contributed by atoms with E-state index in [0.717, 1.165) is 13.1 Å². The van der Waals surface area contributed by atoms with Gasteiger partial charge in [0.15, 0.2) is 0 Å². The zero-order valence-electron chi connectivity index (χ0n) is 4.77. The highest BCUT2D eigenvalue weighted by Gasteiger charge is 2.00. The Bertz CT molecular complexity index is 238. The Morgan fingerprint density at radius 2 is 2.40 bits per heavy atom. The first-order valence-corrected chi connectivity index (χ1v) is 5.64. The smallest absolute Gasteiger partial charge is 0.0751 e. The predicted molar refractivity (Wildman–Crippen MR) is 60.0 cm³/mol. The Labute approximate surface area is 90.5 Å². The van der Waals surface area contributed by atoms with Crippen LogP contribution in [0.2, 0.25) is 0 Å². The minimum absolute atomic E-state index is 0.779. The molecule has 1 heterocycles. The van der Waals surface area contributed by atoms with Crippen LogP contribution in [0.25, 0.3) is 5.03 Å². The zero-order valence-corrected chi connectivity index (χ0v) is 10.1. The molecule has 1 aromatic rings. The predicted octanol–water partition coefficient (Wildman–Crippen LogP) is 4.44. The van der Waals surface area contributed by atoms with E-state index in [9.17, 15) is 0 Å². The van der Waals surface area contributed by atoms with Crippen molar-refractivity contribution in [2.24, 2.45) is 0 Å². The first-order chi connectivity index (χ1) is 4.72. The summed E-state index contributed by atoms with van der Waals surface area (Å²) < 4.78 is 0.949. The minimum atomic E-state index is 0.779.